The fourth-order valence-electron chi connectivity index (χ4n) is 11.9. The predicted molar refractivity (Wildman–Crippen MR) is 273 cm³/mol. The van der Waals surface area contributed by atoms with E-state index in [1.54, 1.807) is 0 Å². The van der Waals surface area contributed by atoms with Gasteiger partial charge in [-0.2, -0.15) is 0 Å². The second-order valence-corrected chi connectivity index (χ2v) is 21.3. The topological polar surface area (TPSA) is 26.3 Å². The maximum absolute atomic E-state index is 7.08. The number of furan rings is 2. The van der Waals surface area contributed by atoms with Gasteiger partial charge < -0.3 is 8.83 Å². The second kappa shape index (κ2) is 12.0. The van der Waals surface area contributed by atoms with E-state index >= 15 is 0 Å². The molecule has 15 rings (SSSR count). The molecular formula is C60H38O2S2. The Bertz CT molecular complexity index is 3980. The highest BCUT2D eigenvalue weighted by atomic mass is 32.1. The van der Waals surface area contributed by atoms with E-state index in [1.165, 1.54) is 118 Å². The molecule has 2 aliphatic rings. The molecule has 0 amide bonds. The van der Waals surface area contributed by atoms with Gasteiger partial charge in [-0.05, 0) is 128 Å². The number of thiophene rings is 2. The minimum atomic E-state index is -0.306. The number of hydrogen-bond acceptors (Lipinski definition) is 4. The monoisotopic (exact) mass is 854 g/mol. The van der Waals surface area contributed by atoms with Gasteiger partial charge >= 0.3 is 0 Å². The van der Waals surface area contributed by atoms with Gasteiger partial charge in [0.2, 0.25) is 0 Å². The highest BCUT2D eigenvalue weighted by Crippen LogP contribution is 2.61. The predicted octanol–water partition coefficient (Wildman–Crippen LogP) is 18.2. The number of fused-ring (bicyclic) bond motifs is 20. The lowest BCUT2D eigenvalue weighted by molar-refractivity contribution is 0.648. The molecule has 0 spiro atoms. The Morgan fingerprint density at radius 3 is 1.17 bits per heavy atom. The molecule has 0 aliphatic heterocycles. The third kappa shape index (κ3) is 4.40. The van der Waals surface area contributed by atoms with Crippen LogP contribution in [0.3, 0.4) is 0 Å². The van der Waals surface area contributed by atoms with Crippen LogP contribution in [0.5, 0.6) is 0 Å². The lowest BCUT2D eigenvalue weighted by Crippen LogP contribution is -2.17. The summed E-state index contributed by atoms with van der Waals surface area (Å²) in [7, 11) is 0. The molecule has 64 heavy (non-hydrogen) atoms. The molecule has 0 bridgehead atoms. The molecule has 0 atom stereocenters. The molecule has 4 aromatic heterocycles. The quantitative estimate of drug-likeness (QED) is 0.173. The van der Waals surface area contributed by atoms with Crippen LogP contribution >= 0.6 is 22.7 Å². The molecule has 0 saturated carbocycles. The van der Waals surface area contributed by atoms with Crippen LogP contribution in [-0.2, 0) is 10.8 Å². The van der Waals surface area contributed by atoms with E-state index in [0.29, 0.717) is 0 Å². The SMILES string of the molecule is CC1(C)c2cc3c(cc2-c2c1cc(-c1ccc4sc5ccccc5c4c1)c1c2oc2ccccc21)C(C)(C)c1cc(-c2ccc4sc5ccccc5c4c2)c2c(oc4ccccc42)c1-3. The number of para-hydroxylation sites is 2. The standard InChI is InChI=1S/C60H38O2S2/c1-59(2)43-29-42-44(30-41(43)55-45(59)27-37(53-35-15-5-9-17-47(35)61-57(53)55)31-21-23-51-39(25-31)33-13-7-11-19-49(33)63-51)60(3,4)46-28-38(54-36-16-6-10-18-48(36)62-58(54)56(42)46)32-22-24-52-40(26-32)34-14-8-12-20-50(34)64-52/h5-30H,1-4H3. The Balaban J connectivity index is 0.985. The van der Waals surface area contributed by atoms with E-state index in [-0.39, 0.29) is 10.8 Å². The van der Waals surface area contributed by atoms with Crippen molar-refractivity contribution in [2.45, 2.75) is 38.5 Å². The van der Waals surface area contributed by atoms with Gasteiger partial charge in [0, 0.05) is 83.8 Å². The molecule has 0 saturated heterocycles. The van der Waals surface area contributed by atoms with Crippen LogP contribution in [-0.4, -0.2) is 0 Å². The molecule has 302 valence electrons. The Hall–Kier alpha value is -6.98. The summed E-state index contributed by atoms with van der Waals surface area (Å²) in [5.74, 6) is 0. The first-order valence-electron chi connectivity index (χ1n) is 22.2. The van der Waals surface area contributed by atoms with Gasteiger partial charge in [0.25, 0.3) is 0 Å². The van der Waals surface area contributed by atoms with Crippen LogP contribution in [0.2, 0.25) is 0 Å². The van der Waals surface area contributed by atoms with Crippen molar-refractivity contribution in [2.24, 2.45) is 0 Å². The van der Waals surface area contributed by atoms with Gasteiger partial charge in [0.15, 0.2) is 0 Å². The van der Waals surface area contributed by atoms with Crippen molar-refractivity contribution >= 4 is 107 Å². The van der Waals surface area contributed by atoms with E-state index in [2.05, 4.69) is 185 Å². The van der Waals surface area contributed by atoms with Crippen molar-refractivity contribution in [1.29, 1.82) is 0 Å². The molecule has 0 unspecified atom stereocenters. The lowest BCUT2D eigenvalue weighted by Gasteiger charge is -2.24. The minimum Gasteiger partial charge on any atom is -0.455 e. The van der Waals surface area contributed by atoms with E-state index in [0.717, 1.165) is 33.1 Å². The fraction of sp³-hybridized carbons (Fsp3) is 0.100. The van der Waals surface area contributed by atoms with Gasteiger partial charge in [0.05, 0.1) is 0 Å². The van der Waals surface area contributed by atoms with Crippen LogP contribution in [0.25, 0.3) is 129 Å². The van der Waals surface area contributed by atoms with Crippen molar-refractivity contribution in [2.75, 3.05) is 0 Å². The van der Waals surface area contributed by atoms with Crippen molar-refractivity contribution in [3.8, 4) is 44.5 Å². The van der Waals surface area contributed by atoms with Crippen molar-refractivity contribution in [3.05, 3.63) is 180 Å². The molecule has 2 nitrogen and oxygen atoms in total. The summed E-state index contributed by atoms with van der Waals surface area (Å²) >= 11 is 3.73. The van der Waals surface area contributed by atoms with Crippen LogP contribution in [0, 0.1) is 0 Å². The zero-order valence-electron chi connectivity index (χ0n) is 35.6. The fourth-order valence-corrected chi connectivity index (χ4v) is 14.1. The first-order valence-corrected chi connectivity index (χ1v) is 23.9. The maximum Gasteiger partial charge on any atom is 0.144 e. The van der Waals surface area contributed by atoms with Gasteiger partial charge in [0.1, 0.15) is 22.3 Å². The van der Waals surface area contributed by atoms with Crippen LogP contribution < -0.4 is 0 Å². The maximum atomic E-state index is 7.08. The summed E-state index contributed by atoms with van der Waals surface area (Å²) in [6, 6.07) is 58.8. The van der Waals surface area contributed by atoms with Crippen molar-refractivity contribution < 1.29 is 8.83 Å². The van der Waals surface area contributed by atoms with E-state index < -0.39 is 0 Å². The van der Waals surface area contributed by atoms with Crippen LogP contribution in [0.15, 0.2) is 167 Å². The van der Waals surface area contributed by atoms with Crippen LogP contribution in [0.1, 0.15) is 49.9 Å². The second-order valence-electron chi connectivity index (χ2n) is 19.1. The Morgan fingerprint density at radius 1 is 0.344 bits per heavy atom. The van der Waals surface area contributed by atoms with E-state index in [4.69, 9.17) is 8.83 Å². The molecule has 2 aliphatic carbocycles. The average molecular weight is 855 g/mol. The molecule has 0 N–H and O–H groups in total. The summed E-state index contributed by atoms with van der Waals surface area (Å²) in [6.45, 7) is 9.62. The largest absolute Gasteiger partial charge is 0.455 e. The molecule has 4 heteroatoms. The highest BCUT2D eigenvalue weighted by Gasteiger charge is 2.45. The van der Waals surface area contributed by atoms with Gasteiger partial charge in [-0.25, -0.2) is 0 Å². The first-order chi connectivity index (χ1) is 31.2. The normalized spacial score (nSPS) is 14.8. The van der Waals surface area contributed by atoms with Crippen molar-refractivity contribution in [3.63, 3.8) is 0 Å². The zero-order chi connectivity index (χ0) is 42.4. The van der Waals surface area contributed by atoms with E-state index in [1.807, 2.05) is 22.7 Å². The Kier molecular flexibility index (Phi) is 6.64. The van der Waals surface area contributed by atoms with Gasteiger partial charge in [-0.1, -0.05) is 113 Å². The van der Waals surface area contributed by atoms with Crippen LogP contribution in [0.4, 0.5) is 0 Å². The number of rotatable bonds is 2. The minimum absolute atomic E-state index is 0.306. The zero-order valence-corrected chi connectivity index (χ0v) is 37.3. The number of benzene rings is 9. The Labute approximate surface area is 376 Å². The summed E-state index contributed by atoms with van der Waals surface area (Å²) in [4.78, 5) is 0. The summed E-state index contributed by atoms with van der Waals surface area (Å²) in [5.41, 5.74) is 18.3. The highest BCUT2D eigenvalue weighted by molar-refractivity contribution is 7.26. The molecule has 13 aromatic rings. The average Bonchev–Trinajstić information content (AvgIpc) is 4.15. The summed E-state index contributed by atoms with van der Waals surface area (Å²) in [6.07, 6.45) is 0. The number of hydrogen-bond donors (Lipinski definition) is 0. The third-order valence-corrected chi connectivity index (χ3v) is 17.4. The van der Waals surface area contributed by atoms with Crippen molar-refractivity contribution in [1.82, 2.24) is 0 Å². The molecule has 0 radical (unpaired) electrons. The molecular weight excluding hydrogens is 817 g/mol. The molecule has 9 aromatic carbocycles. The Morgan fingerprint density at radius 2 is 0.719 bits per heavy atom. The van der Waals surface area contributed by atoms with Gasteiger partial charge in [-0.15, -0.1) is 22.7 Å². The smallest absolute Gasteiger partial charge is 0.144 e. The summed E-state index contributed by atoms with van der Waals surface area (Å²) < 4.78 is 19.4. The summed E-state index contributed by atoms with van der Waals surface area (Å²) in [5, 5.41) is 9.91. The lowest BCUT2D eigenvalue weighted by atomic mass is 9.78. The molecule has 0 fully saturated rings. The molecule has 4 heterocycles. The van der Waals surface area contributed by atoms with Gasteiger partial charge in [-0.3, -0.25) is 0 Å². The third-order valence-electron chi connectivity index (χ3n) is 15.1. The van der Waals surface area contributed by atoms with E-state index in [9.17, 15) is 0 Å². The first kappa shape index (κ1) is 35.5.